The van der Waals surface area contributed by atoms with Gasteiger partial charge in [-0.1, -0.05) is 46.0 Å². The summed E-state index contributed by atoms with van der Waals surface area (Å²) in [6.45, 7) is 10.4. The lowest BCUT2D eigenvalue weighted by molar-refractivity contribution is -0.0134. The van der Waals surface area contributed by atoms with Crippen LogP contribution in [0.15, 0.2) is 0 Å². The molecule has 158 valence electrons. The van der Waals surface area contributed by atoms with E-state index in [1.54, 1.807) is 0 Å². The van der Waals surface area contributed by atoms with Gasteiger partial charge >= 0.3 is 0 Å². The number of aliphatic hydroxyl groups is 1. The Bertz CT molecular complexity index is 252. The molecule has 0 aliphatic carbocycles. The predicted octanol–water partition coefficient (Wildman–Crippen LogP) is 3.06. The molecule has 0 heterocycles. The minimum Gasteiger partial charge on any atom is -0.394 e. The van der Waals surface area contributed by atoms with E-state index in [-0.39, 0.29) is 6.61 Å². The summed E-state index contributed by atoms with van der Waals surface area (Å²) in [5, 5.41) is 8.53. The third-order valence-electron chi connectivity index (χ3n) is 4.16. The van der Waals surface area contributed by atoms with E-state index >= 15 is 0 Å². The maximum absolute atomic E-state index is 8.53. The Labute approximate surface area is 160 Å². The molecule has 0 saturated heterocycles. The number of aliphatic hydroxyl groups excluding tert-OH is 1. The van der Waals surface area contributed by atoms with Crippen molar-refractivity contribution in [2.75, 3.05) is 72.7 Å². The highest BCUT2D eigenvalue weighted by Gasteiger charge is 1.98. The summed E-state index contributed by atoms with van der Waals surface area (Å²) in [5.74, 6) is 0.872. The normalized spacial score (nSPS) is 12.6. The molecule has 0 bridgehead atoms. The zero-order chi connectivity index (χ0) is 19.1. The van der Waals surface area contributed by atoms with Crippen LogP contribution in [-0.2, 0) is 23.7 Å². The molecule has 0 aromatic heterocycles. The quantitative estimate of drug-likeness (QED) is 0.292. The first-order chi connectivity index (χ1) is 12.8. The molecule has 1 N–H and O–H groups in total. The molecular weight excluding hydrogens is 336 g/mol. The fraction of sp³-hybridized carbons (Fsp3) is 1.00. The SMILES string of the molecule is CCC(C)CCCCCCOCCOCCOCCOCCOCCO. The Balaban J connectivity index is 2.99. The zero-order valence-electron chi connectivity index (χ0n) is 17.1. The number of rotatable bonds is 22. The summed E-state index contributed by atoms with van der Waals surface area (Å²) < 4.78 is 26.8. The minimum absolute atomic E-state index is 0.0483. The predicted molar refractivity (Wildman–Crippen MR) is 104 cm³/mol. The van der Waals surface area contributed by atoms with Gasteiger partial charge in [-0.05, 0) is 12.3 Å². The van der Waals surface area contributed by atoms with Gasteiger partial charge in [0.25, 0.3) is 0 Å². The van der Waals surface area contributed by atoms with Crippen LogP contribution in [0.4, 0.5) is 0 Å². The third kappa shape index (κ3) is 21.8. The highest BCUT2D eigenvalue weighted by molar-refractivity contribution is 4.51. The van der Waals surface area contributed by atoms with Crippen LogP contribution in [0.5, 0.6) is 0 Å². The lowest BCUT2D eigenvalue weighted by Gasteiger charge is -2.08. The van der Waals surface area contributed by atoms with E-state index in [9.17, 15) is 0 Å². The van der Waals surface area contributed by atoms with Crippen molar-refractivity contribution in [2.45, 2.75) is 52.4 Å². The molecule has 0 aromatic rings. The van der Waals surface area contributed by atoms with Crippen molar-refractivity contribution in [1.29, 1.82) is 0 Å². The second kappa shape index (κ2) is 22.8. The van der Waals surface area contributed by atoms with Crippen LogP contribution in [0.2, 0.25) is 0 Å². The Hall–Kier alpha value is -0.240. The van der Waals surface area contributed by atoms with E-state index in [0.717, 1.165) is 18.9 Å². The summed E-state index contributed by atoms with van der Waals surface area (Å²) in [7, 11) is 0. The molecule has 26 heavy (non-hydrogen) atoms. The van der Waals surface area contributed by atoms with E-state index < -0.39 is 0 Å². The molecule has 0 radical (unpaired) electrons. The van der Waals surface area contributed by atoms with Crippen LogP contribution < -0.4 is 0 Å². The van der Waals surface area contributed by atoms with Crippen molar-refractivity contribution < 1.29 is 28.8 Å². The molecule has 1 atom stereocenters. The number of hydrogen-bond acceptors (Lipinski definition) is 6. The lowest BCUT2D eigenvalue weighted by Crippen LogP contribution is -2.13. The molecule has 0 rings (SSSR count). The van der Waals surface area contributed by atoms with E-state index in [2.05, 4.69) is 13.8 Å². The van der Waals surface area contributed by atoms with Gasteiger partial charge in [-0.25, -0.2) is 0 Å². The average Bonchev–Trinajstić information content (AvgIpc) is 2.66. The second-order valence-electron chi connectivity index (χ2n) is 6.50. The van der Waals surface area contributed by atoms with Crippen molar-refractivity contribution in [2.24, 2.45) is 5.92 Å². The molecule has 0 amide bonds. The minimum atomic E-state index is 0.0483. The standard InChI is InChI=1S/C20H42O6/c1-3-20(2)8-6-4-5-7-10-22-12-14-24-16-18-26-19-17-25-15-13-23-11-9-21/h20-21H,3-19H2,1-2H3. The van der Waals surface area contributed by atoms with E-state index in [4.69, 9.17) is 28.8 Å². The van der Waals surface area contributed by atoms with Gasteiger partial charge in [-0.15, -0.1) is 0 Å². The van der Waals surface area contributed by atoms with E-state index in [0.29, 0.717) is 59.5 Å². The largest absolute Gasteiger partial charge is 0.394 e. The number of ether oxygens (including phenoxy) is 5. The zero-order valence-corrected chi connectivity index (χ0v) is 17.1. The number of unbranched alkanes of at least 4 members (excludes halogenated alkanes) is 3. The Morgan fingerprint density at radius 2 is 1.00 bits per heavy atom. The van der Waals surface area contributed by atoms with Crippen LogP contribution in [0.3, 0.4) is 0 Å². The highest BCUT2D eigenvalue weighted by atomic mass is 16.6. The number of hydrogen-bond donors (Lipinski definition) is 1. The Morgan fingerprint density at radius 1 is 0.577 bits per heavy atom. The van der Waals surface area contributed by atoms with Gasteiger partial charge in [0.2, 0.25) is 0 Å². The van der Waals surface area contributed by atoms with Crippen molar-refractivity contribution >= 4 is 0 Å². The van der Waals surface area contributed by atoms with Crippen molar-refractivity contribution in [1.82, 2.24) is 0 Å². The summed E-state index contributed by atoms with van der Waals surface area (Å²) in [4.78, 5) is 0. The summed E-state index contributed by atoms with van der Waals surface area (Å²) in [5.41, 5.74) is 0. The topological polar surface area (TPSA) is 66.4 Å². The van der Waals surface area contributed by atoms with Crippen LogP contribution in [0.25, 0.3) is 0 Å². The molecule has 6 heteroatoms. The van der Waals surface area contributed by atoms with Gasteiger partial charge in [-0.3, -0.25) is 0 Å². The van der Waals surface area contributed by atoms with Crippen molar-refractivity contribution in [3.8, 4) is 0 Å². The molecule has 0 fully saturated rings. The molecular formula is C20H42O6. The van der Waals surface area contributed by atoms with Crippen molar-refractivity contribution in [3.63, 3.8) is 0 Å². The maximum atomic E-state index is 8.53. The monoisotopic (exact) mass is 378 g/mol. The van der Waals surface area contributed by atoms with Gasteiger partial charge in [0, 0.05) is 6.61 Å². The first-order valence-corrected chi connectivity index (χ1v) is 10.3. The first-order valence-electron chi connectivity index (χ1n) is 10.3. The molecule has 0 saturated carbocycles. The lowest BCUT2D eigenvalue weighted by atomic mass is 10.0. The van der Waals surface area contributed by atoms with Gasteiger partial charge < -0.3 is 28.8 Å². The molecule has 0 aromatic carbocycles. The van der Waals surface area contributed by atoms with E-state index in [1.807, 2.05) is 0 Å². The highest BCUT2D eigenvalue weighted by Crippen LogP contribution is 2.12. The third-order valence-corrected chi connectivity index (χ3v) is 4.16. The van der Waals surface area contributed by atoms with Gasteiger partial charge in [0.05, 0.1) is 66.1 Å². The summed E-state index contributed by atoms with van der Waals surface area (Å²) in [6.07, 6.45) is 7.74. The van der Waals surface area contributed by atoms with Crippen LogP contribution >= 0.6 is 0 Å². The van der Waals surface area contributed by atoms with Crippen LogP contribution in [0, 0.1) is 5.92 Å². The van der Waals surface area contributed by atoms with Crippen molar-refractivity contribution in [3.05, 3.63) is 0 Å². The molecule has 1 unspecified atom stereocenters. The Kier molecular flexibility index (Phi) is 22.6. The average molecular weight is 379 g/mol. The van der Waals surface area contributed by atoms with Crippen LogP contribution in [0.1, 0.15) is 52.4 Å². The van der Waals surface area contributed by atoms with Gasteiger partial charge in [0.15, 0.2) is 0 Å². The maximum Gasteiger partial charge on any atom is 0.0701 e. The smallest absolute Gasteiger partial charge is 0.0701 e. The molecule has 0 aliphatic heterocycles. The van der Waals surface area contributed by atoms with Gasteiger partial charge in [0.1, 0.15) is 0 Å². The second-order valence-corrected chi connectivity index (χ2v) is 6.50. The Morgan fingerprint density at radius 3 is 1.46 bits per heavy atom. The van der Waals surface area contributed by atoms with Crippen LogP contribution in [-0.4, -0.2) is 77.8 Å². The molecule has 0 spiro atoms. The fourth-order valence-corrected chi connectivity index (χ4v) is 2.30. The fourth-order valence-electron chi connectivity index (χ4n) is 2.30. The first kappa shape index (κ1) is 25.8. The van der Waals surface area contributed by atoms with E-state index in [1.165, 1.54) is 32.1 Å². The summed E-state index contributed by atoms with van der Waals surface area (Å²) >= 11 is 0. The molecule has 0 aliphatic rings. The molecule has 6 nitrogen and oxygen atoms in total. The van der Waals surface area contributed by atoms with Gasteiger partial charge in [-0.2, -0.15) is 0 Å². The summed E-state index contributed by atoms with van der Waals surface area (Å²) in [6, 6.07) is 0.